The Morgan fingerprint density at radius 1 is 1.36 bits per heavy atom. The number of likely N-dealkylation sites (tertiary alicyclic amines) is 1. The first-order chi connectivity index (χ1) is 12.1. The predicted molar refractivity (Wildman–Crippen MR) is 99.1 cm³/mol. The van der Waals surface area contributed by atoms with Crippen molar-refractivity contribution in [2.45, 2.75) is 32.7 Å². The molecular weight excluding hydrogens is 312 g/mol. The second-order valence-electron chi connectivity index (χ2n) is 7.11. The van der Waals surface area contributed by atoms with Gasteiger partial charge in [-0.1, -0.05) is 24.3 Å². The van der Waals surface area contributed by atoms with Gasteiger partial charge in [-0.25, -0.2) is 4.98 Å². The monoisotopic (exact) mass is 340 g/mol. The summed E-state index contributed by atoms with van der Waals surface area (Å²) in [5.74, 6) is 1.83. The molecule has 1 saturated heterocycles. The van der Waals surface area contributed by atoms with Gasteiger partial charge in [0.25, 0.3) is 0 Å². The zero-order chi connectivity index (χ0) is 17.6. The number of aromatic nitrogens is 2. The number of carbonyl (C=O) groups is 1. The third kappa shape index (κ3) is 4.92. The smallest absolute Gasteiger partial charge is 0.234 e. The summed E-state index contributed by atoms with van der Waals surface area (Å²) in [6, 6.07) is 8.19. The standard InChI is InChI=1S/C20H28N4O/c1-16-6-3-4-8-18(16)13-22-20(25)15-24-10-5-7-17(14-24)12-19-21-9-11-23(19)2/h3-4,6,8-9,11,17H,5,7,10,12-15H2,1-2H3,(H,22,25). The Labute approximate surface area is 150 Å². The number of nitrogens with one attached hydrogen (secondary N) is 1. The fourth-order valence-electron chi connectivity index (χ4n) is 3.57. The number of piperidine rings is 1. The third-order valence-electron chi connectivity index (χ3n) is 5.10. The van der Waals surface area contributed by atoms with Gasteiger partial charge < -0.3 is 9.88 Å². The topological polar surface area (TPSA) is 50.2 Å². The molecule has 1 unspecified atom stereocenters. The van der Waals surface area contributed by atoms with Crippen LogP contribution in [0.25, 0.3) is 0 Å². The highest BCUT2D eigenvalue weighted by Crippen LogP contribution is 2.20. The van der Waals surface area contributed by atoms with Crippen LogP contribution >= 0.6 is 0 Å². The van der Waals surface area contributed by atoms with E-state index in [1.807, 2.05) is 31.6 Å². The van der Waals surface area contributed by atoms with E-state index in [-0.39, 0.29) is 5.91 Å². The van der Waals surface area contributed by atoms with Crippen LogP contribution < -0.4 is 5.32 Å². The Hall–Kier alpha value is -2.14. The van der Waals surface area contributed by atoms with Gasteiger partial charge in [0.15, 0.2) is 0 Å². The van der Waals surface area contributed by atoms with E-state index in [2.05, 4.69) is 38.8 Å². The Bertz CT molecular complexity index is 709. The molecule has 134 valence electrons. The molecule has 25 heavy (non-hydrogen) atoms. The minimum absolute atomic E-state index is 0.112. The summed E-state index contributed by atoms with van der Waals surface area (Å²) in [6.07, 6.45) is 7.21. The van der Waals surface area contributed by atoms with Gasteiger partial charge in [-0.15, -0.1) is 0 Å². The highest BCUT2D eigenvalue weighted by Gasteiger charge is 2.22. The van der Waals surface area contributed by atoms with Gasteiger partial charge in [0.05, 0.1) is 6.54 Å². The van der Waals surface area contributed by atoms with Crippen LogP contribution in [0.5, 0.6) is 0 Å². The van der Waals surface area contributed by atoms with Crippen LogP contribution in [0, 0.1) is 12.8 Å². The van der Waals surface area contributed by atoms with Crippen molar-refractivity contribution >= 4 is 5.91 Å². The minimum Gasteiger partial charge on any atom is -0.351 e. The van der Waals surface area contributed by atoms with Gasteiger partial charge in [-0.05, 0) is 43.4 Å². The molecule has 1 aliphatic rings. The summed E-state index contributed by atoms with van der Waals surface area (Å²) >= 11 is 0. The van der Waals surface area contributed by atoms with Gasteiger partial charge in [-0.3, -0.25) is 9.69 Å². The van der Waals surface area contributed by atoms with Crippen molar-refractivity contribution < 1.29 is 4.79 Å². The molecule has 3 rings (SSSR count). The molecule has 0 radical (unpaired) electrons. The van der Waals surface area contributed by atoms with Crippen LogP contribution in [0.1, 0.15) is 29.8 Å². The Morgan fingerprint density at radius 3 is 2.96 bits per heavy atom. The fourth-order valence-corrected chi connectivity index (χ4v) is 3.57. The maximum Gasteiger partial charge on any atom is 0.234 e. The van der Waals surface area contributed by atoms with E-state index in [9.17, 15) is 4.79 Å². The van der Waals surface area contributed by atoms with Crippen molar-refractivity contribution in [1.82, 2.24) is 19.8 Å². The zero-order valence-electron chi connectivity index (χ0n) is 15.2. The van der Waals surface area contributed by atoms with E-state index >= 15 is 0 Å². The molecule has 1 amide bonds. The van der Waals surface area contributed by atoms with Gasteiger partial charge in [0, 0.05) is 39.0 Å². The fraction of sp³-hybridized carbons (Fsp3) is 0.500. The largest absolute Gasteiger partial charge is 0.351 e. The number of aryl methyl sites for hydroxylation is 2. The molecule has 5 heteroatoms. The minimum atomic E-state index is 0.112. The summed E-state index contributed by atoms with van der Waals surface area (Å²) in [7, 11) is 2.04. The Kier molecular flexibility index (Phi) is 5.87. The molecule has 1 aliphatic heterocycles. The summed E-state index contributed by atoms with van der Waals surface area (Å²) in [4.78, 5) is 19.0. The van der Waals surface area contributed by atoms with Crippen molar-refractivity contribution in [2.24, 2.45) is 13.0 Å². The number of rotatable bonds is 6. The number of hydrogen-bond donors (Lipinski definition) is 1. The van der Waals surface area contributed by atoms with E-state index in [1.54, 1.807) is 0 Å². The number of hydrogen-bond acceptors (Lipinski definition) is 3. The summed E-state index contributed by atoms with van der Waals surface area (Å²) in [5.41, 5.74) is 2.40. The first-order valence-electron chi connectivity index (χ1n) is 9.11. The van der Waals surface area contributed by atoms with Gasteiger partial charge >= 0.3 is 0 Å². The normalized spacial score (nSPS) is 18.2. The number of nitrogens with zero attached hydrogens (tertiary/aromatic N) is 3. The van der Waals surface area contributed by atoms with Crippen LogP contribution in [0.15, 0.2) is 36.7 Å². The molecule has 0 saturated carbocycles. The Morgan fingerprint density at radius 2 is 2.20 bits per heavy atom. The predicted octanol–water partition coefficient (Wildman–Crippen LogP) is 2.30. The molecule has 0 spiro atoms. The maximum atomic E-state index is 12.3. The SMILES string of the molecule is Cc1ccccc1CNC(=O)CN1CCCC(Cc2nccn2C)C1. The molecular formula is C20H28N4O. The zero-order valence-corrected chi connectivity index (χ0v) is 15.2. The lowest BCUT2D eigenvalue weighted by atomic mass is 9.94. The lowest BCUT2D eigenvalue weighted by molar-refractivity contribution is -0.122. The number of carbonyl (C=O) groups excluding carboxylic acids is 1. The highest BCUT2D eigenvalue weighted by molar-refractivity contribution is 5.78. The van der Waals surface area contributed by atoms with Crippen molar-refractivity contribution in [2.75, 3.05) is 19.6 Å². The van der Waals surface area contributed by atoms with Crippen LogP contribution in [-0.2, 0) is 24.8 Å². The lowest BCUT2D eigenvalue weighted by Gasteiger charge is -2.32. The summed E-state index contributed by atoms with van der Waals surface area (Å²) in [6.45, 7) is 5.16. The molecule has 2 heterocycles. The third-order valence-corrected chi connectivity index (χ3v) is 5.10. The molecule has 0 aliphatic carbocycles. The molecule has 1 fully saturated rings. The van der Waals surface area contributed by atoms with E-state index in [4.69, 9.17) is 0 Å². The summed E-state index contributed by atoms with van der Waals surface area (Å²) < 4.78 is 2.09. The second-order valence-corrected chi connectivity index (χ2v) is 7.11. The first-order valence-corrected chi connectivity index (χ1v) is 9.11. The maximum absolute atomic E-state index is 12.3. The lowest BCUT2D eigenvalue weighted by Crippen LogP contribution is -2.43. The number of amides is 1. The average Bonchev–Trinajstić information content (AvgIpc) is 2.99. The quantitative estimate of drug-likeness (QED) is 0.878. The van der Waals surface area contributed by atoms with Crippen LogP contribution in [0.4, 0.5) is 0 Å². The molecule has 2 aromatic rings. The number of benzene rings is 1. The van der Waals surface area contributed by atoms with Gasteiger partial charge in [0.1, 0.15) is 5.82 Å². The highest BCUT2D eigenvalue weighted by atomic mass is 16.2. The molecule has 5 nitrogen and oxygen atoms in total. The van der Waals surface area contributed by atoms with Gasteiger partial charge in [-0.2, -0.15) is 0 Å². The van der Waals surface area contributed by atoms with E-state index in [0.717, 1.165) is 31.8 Å². The molecule has 0 bridgehead atoms. The van der Waals surface area contributed by atoms with Crippen molar-refractivity contribution in [3.05, 3.63) is 53.6 Å². The Balaban J connectivity index is 1.46. The van der Waals surface area contributed by atoms with Crippen LogP contribution in [0.2, 0.25) is 0 Å². The van der Waals surface area contributed by atoms with E-state index in [0.29, 0.717) is 19.0 Å². The second kappa shape index (κ2) is 8.30. The van der Waals surface area contributed by atoms with E-state index in [1.165, 1.54) is 17.5 Å². The van der Waals surface area contributed by atoms with E-state index < -0.39 is 0 Å². The van der Waals surface area contributed by atoms with Crippen LogP contribution in [-0.4, -0.2) is 40.0 Å². The van der Waals surface area contributed by atoms with Gasteiger partial charge in [0.2, 0.25) is 5.91 Å². The molecule has 1 atom stereocenters. The van der Waals surface area contributed by atoms with Crippen molar-refractivity contribution in [3.8, 4) is 0 Å². The average molecular weight is 340 g/mol. The molecule has 1 aromatic carbocycles. The summed E-state index contributed by atoms with van der Waals surface area (Å²) in [5, 5.41) is 3.06. The molecule has 1 N–H and O–H groups in total. The van der Waals surface area contributed by atoms with Crippen LogP contribution in [0.3, 0.4) is 0 Å². The first kappa shape index (κ1) is 17.7. The van der Waals surface area contributed by atoms with Crippen molar-refractivity contribution in [3.63, 3.8) is 0 Å². The number of imidazole rings is 1. The molecule has 1 aromatic heterocycles. The van der Waals surface area contributed by atoms with Crippen molar-refractivity contribution in [1.29, 1.82) is 0 Å².